The van der Waals surface area contributed by atoms with Crippen LogP contribution >= 0.6 is 11.6 Å². The van der Waals surface area contributed by atoms with E-state index in [9.17, 15) is 13.6 Å². The summed E-state index contributed by atoms with van der Waals surface area (Å²) in [5, 5.41) is 3.57. The molecule has 3 aromatic rings. The van der Waals surface area contributed by atoms with Crippen LogP contribution in [0.4, 0.5) is 8.78 Å². The Morgan fingerprint density at radius 2 is 1.81 bits per heavy atom. The molecule has 0 bridgehead atoms. The zero-order valence-electron chi connectivity index (χ0n) is 24.7. The molecule has 4 rings (SSSR count). The maximum Gasteiger partial charge on any atom is 0.319 e. The zero-order chi connectivity index (χ0) is 30.3. The van der Waals surface area contributed by atoms with Crippen LogP contribution in [0.25, 0.3) is 17.2 Å². The van der Waals surface area contributed by atoms with Crippen LogP contribution in [0.15, 0.2) is 54.6 Å². The third kappa shape index (κ3) is 8.18. The summed E-state index contributed by atoms with van der Waals surface area (Å²) in [6.07, 6.45) is 4.86. The van der Waals surface area contributed by atoms with Crippen molar-refractivity contribution >= 4 is 23.6 Å². The predicted molar refractivity (Wildman–Crippen MR) is 165 cm³/mol. The Bertz CT molecular complexity index is 1440. The molecule has 1 fully saturated rings. The number of aryl methyl sites for hydroxylation is 1. The molecule has 1 aliphatic rings. The predicted octanol–water partition coefficient (Wildman–Crippen LogP) is 7.52. The lowest BCUT2D eigenvalue weighted by Crippen LogP contribution is -2.25. The molecule has 224 valence electrons. The summed E-state index contributed by atoms with van der Waals surface area (Å²) >= 11 is 6.56. The van der Waals surface area contributed by atoms with Crippen LogP contribution in [0.3, 0.4) is 0 Å². The van der Waals surface area contributed by atoms with Crippen molar-refractivity contribution in [3.8, 4) is 16.9 Å². The molecule has 1 heterocycles. The van der Waals surface area contributed by atoms with Gasteiger partial charge in [0.05, 0.1) is 25.2 Å². The van der Waals surface area contributed by atoms with E-state index in [-0.39, 0.29) is 25.5 Å². The van der Waals surface area contributed by atoms with Crippen molar-refractivity contribution < 1.29 is 23.0 Å². The van der Waals surface area contributed by atoms with Crippen molar-refractivity contribution in [2.45, 2.75) is 52.7 Å². The molecule has 0 aliphatic carbocycles. The van der Waals surface area contributed by atoms with Gasteiger partial charge in [-0.3, -0.25) is 9.69 Å². The van der Waals surface area contributed by atoms with Gasteiger partial charge >= 0.3 is 5.97 Å². The molecule has 0 amide bonds. The van der Waals surface area contributed by atoms with Crippen molar-refractivity contribution in [3.63, 3.8) is 0 Å². The van der Waals surface area contributed by atoms with Gasteiger partial charge in [-0.1, -0.05) is 60.2 Å². The van der Waals surface area contributed by atoms with E-state index in [1.54, 1.807) is 0 Å². The second-order valence-electron chi connectivity index (χ2n) is 10.9. The fourth-order valence-electron chi connectivity index (χ4n) is 5.25. The first kappa shape index (κ1) is 31.7. The number of methoxy groups -OCH3 is 1. The van der Waals surface area contributed by atoms with Crippen LogP contribution in [0.5, 0.6) is 5.75 Å². The minimum Gasteiger partial charge on any atom is -0.487 e. The largest absolute Gasteiger partial charge is 0.487 e. The summed E-state index contributed by atoms with van der Waals surface area (Å²) in [7, 11) is 1.36. The lowest BCUT2D eigenvalue weighted by Gasteiger charge is -2.17. The number of rotatable bonds is 12. The average Bonchev–Trinajstić information content (AvgIpc) is 3.31. The molecule has 0 atom stereocenters. The maximum absolute atomic E-state index is 13.5. The van der Waals surface area contributed by atoms with Gasteiger partial charge in [-0.15, -0.1) is 0 Å². The van der Waals surface area contributed by atoms with E-state index in [0.29, 0.717) is 37.0 Å². The number of nitrogens with one attached hydrogen (secondary N) is 1. The Hall–Kier alpha value is -3.26. The number of alkyl halides is 2. The minimum absolute atomic E-state index is 0.0439. The Balaban J connectivity index is 1.42. The van der Waals surface area contributed by atoms with E-state index < -0.39 is 5.92 Å². The molecule has 8 heteroatoms. The second kappa shape index (κ2) is 14.3. The van der Waals surface area contributed by atoms with Crippen LogP contribution in [0.2, 0.25) is 5.02 Å². The van der Waals surface area contributed by atoms with E-state index in [2.05, 4.69) is 66.4 Å². The number of carbonyl (C=O) groups is 1. The van der Waals surface area contributed by atoms with Crippen molar-refractivity contribution in [3.05, 3.63) is 93.0 Å². The first-order valence-corrected chi connectivity index (χ1v) is 14.6. The Labute approximate surface area is 252 Å². The lowest BCUT2D eigenvalue weighted by molar-refractivity contribution is -0.139. The summed E-state index contributed by atoms with van der Waals surface area (Å²) in [4.78, 5) is 13.2. The smallest absolute Gasteiger partial charge is 0.319 e. The molecule has 5 nitrogen and oxygen atoms in total. The van der Waals surface area contributed by atoms with E-state index in [1.807, 2.05) is 30.0 Å². The molecule has 3 aromatic carbocycles. The van der Waals surface area contributed by atoms with Gasteiger partial charge < -0.3 is 14.8 Å². The normalized spacial score (nSPS) is 14.9. The molecule has 1 aliphatic heterocycles. The summed E-state index contributed by atoms with van der Waals surface area (Å²) in [6, 6.07) is 16.3. The molecule has 0 aromatic heterocycles. The summed E-state index contributed by atoms with van der Waals surface area (Å²) in [6.45, 7) is 8.16. The number of ether oxygens (including phenoxy) is 2. The standard InChI is InChI=1S/C34H39ClF2N2O3/c1-23-17-32(31(35)18-28(23)19-38-20-33(40)41-4)42-21-27-11-8-13-30(25(27)3)29-12-7-10-26(24(29)2)9-5-6-15-39-16-14-34(36,37)22-39/h5,7-13,17-18,38H,6,14-16,19-22H2,1-4H3/b9-5+. The molecule has 0 radical (unpaired) electrons. The third-order valence-electron chi connectivity index (χ3n) is 7.86. The Morgan fingerprint density at radius 3 is 2.52 bits per heavy atom. The third-order valence-corrected chi connectivity index (χ3v) is 8.15. The van der Waals surface area contributed by atoms with Gasteiger partial charge in [0.2, 0.25) is 0 Å². The number of nitrogens with zero attached hydrogens (tertiary/aromatic N) is 1. The highest BCUT2D eigenvalue weighted by molar-refractivity contribution is 6.32. The number of carbonyl (C=O) groups excluding carboxylic acids is 1. The first-order chi connectivity index (χ1) is 20.1. The topological polar surface area (TPSA) is 50.8 Å². The molecule has 0 saturated carbocycles. The number of halogens is 3. The van der Waals surface area contributed by atoms with Gasteiger partial charge in [0.1, 0.15) is 12.4 Å². The molecular weight excluding hydrogens is 558 g/mol. The number of benzene rings is 3. The molecule has 42 heavy (non-hydrogen) atoms. The monoisotopic (exact) mass is 596 g/mol. The van der Waals surface area contributed by atoms with Gasteiger partial charge in [-0.25, -0.2) is 8.78 Å². The zero-order valence-corrected chi connectivity index (χ0v) is 25.5. The van der Waals surface area contributed by atoms with Crippen molar-refractivity contribution in [2.24, 2.45) is 0 Å². The van der Waals surface area contributed by atoms with Crippen LogP contribution in [0, 0.1) is 20.8 Å². The fourth-order valence-corrected chi connectivity index (χ4v) is 5.49. The minimum atomic E-state index is -2.55. The Morgan fingerprint density at radius 1 is 1.07 bits per heavy atom. The van der Waals surface area contributed by atoms with Crippen LogP contribution in [-0.2, 0) is 22.7 Å². The van der Waals surface area contributed by atoms with Gasteiger partial charge in [0.25, 0.3) is 5.92 Å². The number of likely N-dealkylation sites (tertiary alicyclic amines) is 1. The van der Waals surface area contributed by atoms with Gasteiger partial charge in [-0.2, -0.15) is 0 Å². The average molecular weight is 597 g/mol. The first-order valence-electron chi connectivity index (χ1n) is 14.2. The highest BCUT2D eigenvalue weighted by Gasteiger charge is 2.37. The number of hydrogen-bond acceptors (Lipinski definition) is 5. The van der Waals surface area contributed by atoms with Crippen LogP contribution < -0.4 is 10.1 Å². The highest BCUT2D eigenvalue weighted by Crippen LogP contribution is 2.33. The van der Waals surface area contributed by atoms with Crippen molar-refractivity contribution in [1.82, 2.24) is 10.2 Å². The van der Waals surface area contributed by atoms with Crippen molar-refractivity contribution in [1.29, 1.82) is 0 Å². The van der Waals surface area contributed by atoms with Gasteiger partial charge in [0, 0.05) is 26.1 Å². The molecular formula is C34H39ClF2N2O3. The quantitative estimate of drug-likeness (QED) is 0.219. The second-order valence-corrected chi connectivity index (χ2v) is 11.3. The molecule has 1 saturated heterocycles. The number of hydrogen-bond donors (Lipinski definition) is 1. The molecule has 1 N–H and O–H groups in total. The maximum atomic E-state index is 13.5. The highest BCUT2D eigenvalue weighted by atomic mass is 35.5. The summed E-state index contributed by atoms with van der Waals surface area (Å²) in [5.41, 5.74) is 8.75. The number of esters is 1. The fraction of sp³-hybridized carbons (Fsp3) is 0.382. The Kier molecular flexibility index (Phi) is 10.8. The summed E-state index contributed by atoms with van der Waals surface area (Å²) < 4.78 is 37.7. The van der Waals surface area contributed by atoms with E-state index in [4.69, 9.17) is 16.3 Å². The van der Waals surface area contributed by atoms with Gasteiger partial charge in [0.15, 0.2) is 0 Å². The SMILES string of the molecule is COC(=O)CNCc1cc(Cl)c(OCc2cccc(-c3cccc(/C=C/CCN4CCC(F)(F)C4)c3C)c2C)cc1C. The van der Waals surface area contributed by atoms with Crippen molar-refractivity contribution in [2.75, 3.05) is 33.3 Å². The lowest BCUT2D eigenvalue weighted by atomic mass is 9.91. The van der Waals surface area contributed by atoms with Crippen LogP contribution in [0.1, 0.15) is 46.2 Å². The van der Waals surface area contributed by atoms with E-state index in [0.717, 1.165) is 50.9 Å². The van der Waals surface area contributed by atoms with E-state index >= 15 is 0 Å². The van der Waals surface area contributed by atoms with Crippen LogP contribution in [-0.4, -0.2) is 50.1 Å². The van der Waals surface area contributed by atoms with E-state index in [1.165, 1.54) is 7.11 Å². The van der Waals surface area contributed by atoms with Gasteiger partial charge in [-0.05, 0) is 83.8 Å². The summed E-state index contributed by atoms with van der Waals surface area (Å²) in [5.74, 6) is -2.26. The molecule has 0 unspecified atom stereocenters. The molecule has 0 spiro atoms.